The highest BCUT2D eigenvalue weighted by Gasteiger charge is 2.22. The molecule has 0 aliphatic heterocycles. The normalized spacial score (nSPS) is 11.5. The number of hydrogen-bond donors (Lipinski definition) is 4. The fourth-order valence-corrected chi connectivity index (χ4v) is 3.99. The number of nitrogens with one attached hydrogen (secondary N) is 1. The number of phenols is 2. The first-order valence-corrected chi connectivity index (χ1v) is 10.8. The third kappa shape index (κ3) is 3.61. The van der Waals surface area contributed by atoms with Crippen LogP contribution in [0.3, 0.4) is 0 Å². The summed E-state index contributed by atoms with van der Waals surface area (Å²) in [4.78, 5) is 3.48. The van der Waals surface area contributed by atoms with E-state index in [1.807, 2.05) is 26.0 Å². The molecule has 0 saturated heterocycles. The van der Waals surface area contributed by atoms with Gasteiger partial charge < -0.3 is 19.9 Å². The number of aromatic amines is 1. The van der Waals surface area contributed by atoms with E-state index < -0.39 is 0 Å². The number of fused-ring (bicyclic) bond motifs is 1. The number of hydrogen-bond acceptors (Lipinski definition) is 6. The van der Waals surface area contributed by atoms with E-state index in [0.717, 1.165) is 28.0 Å². The Kier molecular flexibility index (Phi) is 5.58. The molecule has 2 aromatic carbocycles. The van der Waals surface area contributed by atoms with Crippen LogP contribution in [-0.4, -0.2) is 36.6 Å². The number of ether oxygens (including phenoxy) is 1. The van der Waals surface area contributed by atoms with Crippen LogP contribution in [0.15, 0.2) is 35.5 Å². The van der Waals surface area contributed by atoms with Crippen molar-refractivity contribution < 1.29 is 14.9 Å². The lowest BCUT2D eigenvalue weighted by Gasteiger charge is -2.14. The van der Waals surface area contributed by atoms with Gasteiger partial charge in [-0.3, -0.25) is 4.57 Å². The largest absolute Gasteiger partial charge is 0.508 e. The number of aromatic nitrogens is 4. The van der Waals surface area contributed by atoms with Crippen molar-refractivity contribution in [3.63, 3.8) is 0 Å². The summed E-state index contributed by atoms with van der Waals surface area (Å²) >= 11 is 4.54. The molecule has 4 aromatic rings. The first-order valence-electron chi connectivity index (χ1n) is 10.3. The predicted octanol–water partition coefficient (Wildman–Crippen LogP) is 5.20. The number of nitrogens with zero attached hydrogens (tertiary/aromatic N) is 3. The summed E-state index contributed by atoms with van der Waals surface area (Å²) in [6.45, 7) is 8.70. The summed E-state index contributed by atoms with van der Waals surface area (Å²) in [5.41, 5.74) is 3.98. The zero-order valence-electron chi connectivity index (χ0n) is 18.0. The molecule has 4 rings (SSSR count). The first kappa shape index (κ1) is 21.1. The molecule has 8 heteroatoms. The molecule has 2 heterocycles. The number of aryl methyl sites for hydroxylation is 1. The van der Waals surface area contributed by atoms with E-state index in [1.165, 1.54) is 6.07 Å². The monoisotopic (exact) mass is 438 g/mol. The molecule has 2 aromatic heterocycles. The van der Waals surface area contributed by atoms with Gasteiger partial charge in [0, 0.05) is 17.1 Å². The second-order valence-corrected chi connectivity index (χ2v) is 8.09. The van der Waals surface area contributed by atoms with Crippen LogP contribution in [0, 0.1) is 0 Å². The van der Waals surface area contributed by atoms with Crippen molar-refractivity contribution in [1.29, 1.82) is 0 Å². The molecular weight excluding hydrogens is 412 g/mol. The van der Waals surface area contributed by atoms with Gasteiger partial charge >= 0.3 is 0 Å². The quantitative estimate of drug-likeness (QED) is 0.310. The second kappa shape index (κ2) is 8.19. The van der Waals surface area contributed by atoms with Gasteiger partial charge in [0.1, 0.15) is 17.2 Å². The van der Waals surface area contributed by atoms with Crippen LogP contribution in [0.5, 0.6) is 17.2 Å². The highest BCUT2D eigenvalue weighted by molar-refractivity contribution is 7.80. The Morgan fingerprint density at radius 1 is 1.10 bits per heavy atom. The number of aromatic hydroxyl groups is 2. The van der Waals surface area contributed by atoms with Gasteiger partial charge in [-0.25, -0.2) is 0 Å². The zero-order chi connectivity index (χ0) is 22.3. The number of rotatable bonds is 6. The average molecular weight is 439 g/mol. The molecule has 7 nitrogen and oxygen atoms in total. The van der Waals surface area contributed by atoms with E-state index in [4.69, 9.17) is 4.74 Å². The molecule has 0 saturated carbocycles. The summed E-state index contributed by atoms with van der Waals surface area (Å²) in [5.74, 6) is 1.49. The maximum atomic E-state index is 10.6. The highest BCUT2D eigenvalue weighted by atomic mass is 32.1. The first-order chi connectivity index (χ1) is 14.8. The third-order valence-corrected chi connectivity index (χ3v) is 5.67. The molecule has 0 radical (unpaired) electrons. The molecule has 31 heavy (non-hydrogen) atoms. The van der Waals surface area contributed by atoms with Gasteiger partial charge in [-0.05, 0) is 49.1 Å². The SMILES string of the molecule is CCOc1ccc(-n2c(S)nnc2-c2cc(CC)c(O)cc2O)c2cc(C(C)C)[nH]c12. The lowest BCUT2D eigenvalue weighted by molar-refractivity contribution is 0.343. The fourth-order valence-electron chi connectivity index (χ4n) is 3.74. The van der Waals surface area contributed by atoms with E-state index in [0.29, 0.717) is 41.1 Å². The van der Waals surface area contributed by atoms with E-state index in [2.05, 4.69) is 47.7 Å². The topological polar surface area (TPSA) is 96.2 Å². The molecule has 0 spiro atoms. The van der Waals surface area contributed by atoms with Crippen molar-refractivity contribution >= 4 is 23.5 Å². The number of phenolic OH excluding ortho intramolecular Hbond substituents is 2. The Bertz CT molecular complexity index is 1260. The number of H-pyrrole nitrogens is 1. The molecule has 0 amide bonds. The van der Waals surface area contributed by atoms with Gasteiger partial charge in [-0.2, -0.15) is 0 Å². The number of thiol groups is 1. The van der Waals surface area contributed by atoms with Crippen LogP contribution < -0.4 is 4.74 Å². The standard InChI is InChI=1S/C23H26N4O3S/c1-5-13-9-15(19(29)11-18(13)28)22-25-26-23(31)27(22)17-7-8-20(30-6-2)21-14(17)10-16(24-21)12(3)4/h7-12,24,28-29H,5-6H2,1-4H3,(H,26,31). The molecule has 0 fully saturated rings. The fraction of sp³-hybridized carbons (Fsp3) is 0.304. The van der Waals surface area contributed by atoms with E-state index >= 15 is 0 Å². The summed E-state index contributed by atoms with van der Waals surface area (Å²) in [7, 11) is 0. The van der Waals surface area contributed by atoms with E-state index in [-0.39, 0.29) is 11.5 Å². The van der Waals surface area contributed by atoms with Crippen LogP contribution in [0.2, 0.25) is 0 Å². The van der Waals surface area contributed by atoms with Crippen LogP contribution in [0.25, 0.3) is 28.0 Å². The van der Waals surface area contributed by atoms with Crippen molar-refractivity contribution in [2.24, 2.45) is 0 Å². The lowest BCUT2D eigenvalue weighted by atomic mass is 10.1. The Balaban J connectivity index is 1.99. The van der Waals surface area contributed by atoms with Crippen molar-refractivity contribution in [1.82, 2.24) is 19.7 Å². The molecule has 162 valence electrons. The Labute approximate surface area is 186 Å². The molecule has 0 aliphatic carbocycles. The molecule has 0 aliphatic rings. The lowest BCUT2D eigenvalue weighted by Crippen LogP contribution is -2.01. The molecule has 0 atom stereocenters. The van der Waals surface area contributed by atoms with E-state index in [1.54, 1.807) is 10.6 Å². The van der Waals surface area contributed by atoms with Crippen molar-refractivity contribution in [3.8, 4) is 34.3 Å². The minimum atomic E-state index is -0.0733. The van der Waals surface area contributed by atoms with E-state index in [9.17, 15) is 10.2 Å². The Morgan fingerprint density at radius 3 is 2.55 bits per heavy atom. The minimum absolute atomic E-state index is 0.0524. The van der Waals surface area contributed by atoms with Crippen molar-refractivity contribution in [3.05, 3.63) is 41.6 Å². The van der Waals surface area contributed by atoms with Gasteiger partial charge in [0.15, 0.2) is 11.0 Å². The minimum Gasteiger partial charge on any atom is -0.508 e. The summed E-state index contributed by atoms with van der Waals surface area (Å²) < 4.78 is 7.63. The predicted molar refractivity (Wildman–Crippen MR) is 124 cm³/mol. The molecule has 0 bridgehead atoms. The van der Waals surface area contributed by atoms with Gasteiger partial charge in [0.25, 0.3) is 0 Å². The van der Waals surface area contributed by atoms with Crippen molar-refractivity contribution in [2.45, 2.75) is 45.2 Å². The maximum absolute atomic E-state index is 10.6. The van der Waals surface area contributed by atoms with Gasteiger partial charge in [0.05, 0.1) is 23.4 Å². The molecular formula is C23H26N4O3S. The Hall–Kier alpha value is -3.13. The second-order valence-electron chi connectivity index (χ2n) is 7.69. The van der Waals surface area contributed by atoms with Crippen molar-refractivity contribution in [2.75, 3.05) is 6.61 Å². The molecule has 3 N–H and O–H groups in total. The highest BCUT2D eigenvalue weighted by Crippen LogP contribution is 2.39. The van der Waals surface area contributed by atoms with Gasteiger partial charge in [-0.1, -0.05) is 20.8 Å². The van der Waals surface area contributed by atoms with Gasteiger partial charge in [-0.15, -0.1) is 22.8 Å². The van der Waals surface area contributed by atoms with Gasteiger partial charge in [0.2, 0.25) is 0 Å². The van der Waals surface area contributed by atoms with Crippen LogP contribution >= 0.6 is 12.6 Å². The summed E-state index contributed by atoms with van der Waals surface area (Å²) in [5, 5.41) is 30.4. The summed E-state index contributed by atoms with van der Waals surface area (Å²) in [6.07, 6.45) is 0.615. The average Bonchev–Trinajstić information content (AvgIpc) is 3.34. The zero-order valence-corrected chi connectivity index (χ0v) is 18.9. The number of benzene rings is 2. The third-order valence-electron chi connectivity index (χ3n) is 5.38. The summed E-state index contributed by atoms with van der Waals surface area (Å²) in [6, 6.07) is 9.03. The maximum Gasteiger partial charge on any atom is 0.193 e. The smallest absolute Gasteiger partial charge is 0.193 e. The van der Waals surface area contributed by atoms with Crippen LogP contribution in [0.1, 0.15) is 44.9 Å². The molecule has 0 unspecified atom stereocenters. The Morgan fingerprint density at radius 2 is 1.87 bits per heavy atom. The van der Waals surface area contributed by atoms with Crippen LogP contribution in [0.4, 0.5) is 0 Å². The van der Waals surface area contributed by atoms with Crippen LogP contribution in [-0.2, 0) is 6.42 Å².